The highest BCUT2D eigenvalue weighted by molar-refractivity contribution is 6.30. The lowest BCUT2D eigenvalue weighted by Gasteiger charge is -2.22. The van der Waals surface area contributed by atoms with Crippen LogP contribution in [0.5, 0.6) is 5.75 Å². The molecule has 1 aliphatic carbocycles. The van der Waals surface area contributed by atoms with Crippen molar-refractivity contribution in [3.63, 3.8) is 0 Å². The predicted molar refractivity (Wildman–Crippen MR) is 91.5 cm³/mol. The van der Waals surface area contributed by atoms with Crippen LogP contribution in [0.4, 0.5) is 4.39 Å². The van der Waals surface area contributed by atoms with E-state index in [1.165, 1.54) is 24.3 Å². The van der Waals surface area contributed by atoms with Crippen LogP contribution in [-0.2, 0) is 4.79 Å². The molecule has 2 atom stereocenters. The molecule has 1 N–H and O–H groups in total. The lowest BCUT2D eigenvalue weighted by atomic mass is 10.0. The minimum absolute atomic E-state index is 0.0333. The first-order chi connectivity index (χ1) is 11.5. The molecule has 2 aromatic rings. The van der Waals surface area contributed by atoms with Crippen molar-refractivity contribution in [2.75, 3.05) is 0 Å². The van der Waals surface area contributed by atoms with Gasteiger partial charge in [0.2, 0.25) is 0 Å². The van der Waals surface area contributed by atoms with Crippen LogP contribution < -0.4 is 10.1 Å². The van der Waals surface area contributed by atoms with E-state index in [1.807, 2.05) is 24.3 Å². The highest BCUT2D eigenvalue weighted by Crippen LogP contribution is 2.41. The van der Waals surface area contributed by atoms with Gasteiger partial charge in [0.1, 0.15) is 11.6 Å². The van der Waals surface area contributed by atoms with E-state index in [4.69, 9.17) is 16.3 Å². The summed E-state index contributed by atoms with van der Waals surface area (Å²) in [6.07, 6.45) is 1.53. The van der Waals surface area contributed by atoms with Crippen molar-refractivity contribution >= 4 is 17.5 Å². The van der Waals surface area contributed by atoms with Gasteiger partial charge >= 0.3 is 0 Å². The average Bonchev–Trinajstić information content (AvgIpc) is 3.40. The molecule has 0 radical (unpaired) electrons. The third kappa shape index (κ3) is 4.26. The van der Waals surface area contributed by atoms with E-state index in [2.05, 4.69) is 5.32 Å². The number of carbonyl (C=O) groups is 1. The summed E-state index contributed by atoms with van der Waals surface area (Å²) in [5.41, 5.74) is 1.05. The molecule has 126 valence electrons. The summed E-state index contributed by atoms with van der Waals surface area (Å²) in [6, 6.07) is 13.1. The van der Waals surface area contributed by atoms with Crippen molar-refractivity contribution in [2.45, 2.75) is 31.9 Å². The first kappa shape index (κ1) is 16.8. The van der Waals surface area contributed by atoms with Crippen LogP contribution in [0.1, 0.15) is 31.4 Å². The number of hydrogen-bond donors (Lipinski definition) is 1. The molecule has 5 heteroatoms. The Morgan fingerprint density at radius 2 is 1.79 bits per heavy atom. The van der Waals surface area contributed by atoms with E-state index >= 15 is 0 Å². The number of nitrogens with one attached hydrogen (secondary N) is 1. The van der Waals surface area contributed by atoms with Crippen molar-refractivity contribution in [2.24, 2.45) is 5.92 Å². The highest BCUT2D eigenvalue weighted by atomic mass is 35.5. The fraction of sp³-hybridized carbons (Fsp3) is 0.316. The Balaban J connectivity index is 1.64. The summed E-state index contributed by atoms with van der Waals surface area (Å²) < 4.78 is 18.5. The van der Waals surface area contributed by atoms with E-state index < -0.39 is 6.10 Å². The lowest BCUT2D eigenvalue weighted by Crippen LogP contribution is -2.39. The number of rotatable bonds is 6. The molecule has 0 bridgehead atoms. The summed E-state index contributed by atoms with van der Waals surface area (Å²) in [4.78, 5) is 12.5. The maximum absolute atomic E-state index is 12.9. The van der Waals surface area contributed by atoms with E-state index in [0.717, 1.165) is 18.4 Å². The molecule has 3 nitrogen and oxygen atoms in total. The van der Waals surface area contributed by atoms with Gasteiger partial charge in [-0.2, -0.15) is 0 Å². The summed E-state index contributed by atoms with van der Waals surface area (Å²) in [6.45, 7) is 1.69. The second-order valence-electron chi connectivity index (χ2n) is 6.09. The third-order valence-corrected chi connectivity index (χ3v) is 4.37. The Kier molecular flexibility index (Phi) is 5.05. The third-order valence-electron chi connectivity index (χ3n) is 4.12. The second-order valence-corrected chi connectivity index (χ2v) is 6.53. The van der Waals surface area contributed by atoms with E-state index in [-0.39, 0.29) is 17.8 Å². The number of amides is 1. The zero-order valence-corrected chi connectivity index (χ0v) is 14.1. The lowest BCUT2D eigenvalue weighted by molar-refractivity contribution is -0.128. The molecule has 1 fully saturated rings. The molecule has 1 amide bonds. The van der Waals surface area contributed by atoms with Gasteiger partial charge in [-0.1, -0.05) is 23.7 Å². The molecule has 0 saturated heterocycles. The summed E-state index contributed by atoms with van der Waals surface area (Å²) in [7, 11) is 0. The Labute approximate surface area is 145 Å². The molecule has 0 spiro atoms. The molecule has 1 aliphatic rings. The van der Waals surface area contributed by atoms with Gasteiger partial charge in [0.25, 0.3) is 5.91 Å². The number of carbonyl (C=O) groups excluding carboxylic acids is 1. The number of halogens is 2. The van der Waals surface area contributed by atoms with Crippen LogP contribution in [-0.4, -0.2) is 12.0 Å². The Bertz CT molecular complexity index is 698. The topological polar surface area (TPSA) is 38.3 Å². The highest BCUT2D eigenvalue weighted by Gasteiger charge is 2.34. The van der Waals surface area contributed by atoms with Crippen molar-refractivity contribution in [1.82, 2.24) is 5.32 Å². The van der Waals surface area contributed by atoms with Crippen molar-refractivity contribution in [3.8, 4) is 5.75 Å². The Morgan fingerprint density at radius 1 is 1.17 bits per heavy atom. The second kappa shape index (κ2) is 7.22. The first-order valence-corrected chi connectivity index (χ1v) is 8.39. The van der Waals surface area contributed by atoms with Crippen LogP contribution in [0, 0.1) is 11.7 Å². The van der Waals surface area contributed by atoms with Gasteiger partial charge in [0.05, 0.1) is 6.04 Å². The largest absolute Gasteiger partial charge is 0.481 e. The van der Waals surface area contributed by atoms with Gasteiger partial charge in [-0.05, 0) is 67.6 Å². The van der Waals surface area contributed by atoms with Gasteiger partial charge in [0, 0.05) is 5.02 Å². The summed E-state index contributed by atoms with van der Waals surface area (Å²) in [5.74, 6) is 0.392. The predicted octanol–water partition coefficient (Wildman–Crippen LogP) is 4.51. The molecule has 0 aromatic heterocycles. The smallest absolute Gasteiger partial charge is 0.261 e. The van der Waals surface area contributed by atoms with Crippen molar-refractivity contribution in [1.29, 1.82) is 0 Å². The summed E-state index contributed by atoms with van der Waals surface area (Å²) >= 11 is 5.94. The molecular weight excluding hydrogens is 329 g/mol. The van der Waals surface area contributed by atoms with Crippen LogP contribution >= 0.6 is 11.6 Å². The molecule has 24 heavy (non-hydrogen) atoms. The standard InChI is InChI=1S/C19H19ClFNO2/c1-12(24-17-10-8-16(21)9-11-17)19(23)22-18(13-2-3-13)14-4-6-15(20)7-5-14/h4-13,18H,2-3H2,1H3,(H,22,23)/t12-,18-/m0/s1. The van der Waals surface area contributed by atoms with Crippen LogP contribution in [0.25, 0.3) is 0 Å². The fourth-order valence-electron chi connectivity index (χ4n) is 2.61. The van der Waals surface area contributed by atoms with E-state index in [0.29, 0.717) is 16.7 Å². The number of benzene rings is 2. The zero-order valence-electron chi connectivity index (χ0n) is 13.3. The SMILES string of the molecule is C[C@H](Oc1ccc(F)cc1)C(=O)N[C@H](c1ccc(Cl)cc1)C1CC1. The van der Waals surface area contributed by atoms with Crippen molar-refractivity contribution in [3.05, 3.63) is 64.9 Å². The molecule has 0 unspecified atom stereocenters. The van der Waals surface area contributed by atoms with Gasteiger partial charge < -0.3 is 10.1 Å². The molecule has 2 aromatic carbocycles. The van der Waals surface area contributed by atoms with E-state index in [9.17, 15) is 9.18 Å². The van der Waals surface area contributed by atoms with Gasteiger partial charge in [-0.25, -0.2) is 4.39 Å². The molecule has 0 aliphatic heterocycles. The minimum atomic E-state index is -0.663. The molecular formula is C19H19ClFNO2. The molecule has 0 heterocycles. The average molecular weight is 348 g/mol. The first-order valence-electron chi connectivity index (χ1n) is 8.01. The number of hydrogen-bond acceptors (Lipinski definition) is 2. The van der Waals surface area contributed by atoms with E-state index in [1.54, 1.807) is 6.92 Å². The number of ether oxygens (including phenoxy) is 1. The Hall–Kier alpha value is -2.07. The van der Waals surface area contributed by atoms with Crippen molar-refractivity contribution < 1.29 is 13.9 Å². The summed E-state index contributed by atoms with van der Waals surface area (Å²) in [5, 5.41) is 3.74. The monoisotopic (exact) mass is 347 g/mol. The minimum Gasteiger partial charge on any atom is -0.481 e. The maximum Gasteiger partial charge on any atom is 0.261 e. The van der Waals surface area contributed by atoms with Gasteiger partial charge in [-0.3, -0.25) is 4.79 Å². The fourth-order valence-corrected chi connectivity index (χ4v) is 2.74. The van der Waals surface area contributed by atoms with Gasteiger partial charge in [-0.15, -0.1) is 0 Å². The van der Waals surface area contributed by atoms with Crippen LogP contribution in [0.3, 0.4) is 0 Å². The molecule has 1 saturated carbocycles. The van der Waals surface area contributed by atoms with Crippen LogP contribution in [0.2, 0.25) is 5.02 Å². The zero-order chi connectivity index (χ0) is 17.1. The maximum atomic E-state index is 12.9. The van der Waals surface area contributed by atoms with Crippen LogP contribution in [0.15, 0.2) is 48.5 Å². The molecule has 3 rings (SSSR count). The quantitative estimate of drug-likeness (QED) is 0.834. The normalized spacial score (nSPS) is 16.3. The van der Waals surface area contributed by atoms with Gasteiger partial charge in [0.15, 0.2) is 6.10 Å². The Morgan fingerprint density at radius 3 is 2.38 bits per heavy atom.